The Labute approximate surface area is 302 Å². The van der Waals surface area contributed by atoms with E-state index in [9.17, 15) is 0 Å². The highest BCUT2D eigenvalue weighted by molar-refractivity contribution is 7.26. The summed E-state index contributed by atoms with van der Waals surface area (Å²) >= 11 is 1.78. The van der Waals surface area contributed by atoms with E-state index in [1.54, 1.807) is 11.3 Å². The maximum absolute atomic E-state index is 6.33. The minimum absolute atomic E-state index is 0.118. The van der Waals surface area contributed by atoms with Crippen molar-refractivity contribution in [2.75, 3.05) is 0 Å². The third-order valence-corrected chi connectivity index (χ3v) is 12.6. The molecule has 0 N–H and O–H groups in total. The Morgan fingerprint density at radius 3 is 2.27 bits per heavy atom. The first-order valence-electron chi connectivity index (χ1n) is 17.7. The Morgan fingerprint density at radius 1 is 0.577 bits per heavy atom. The summed E-state index contributed by atoms with van der Waals surface area (Å²) in [7, 11) is 0. The molecule has 5 heteroatoms. The lowest BCUT2D eigenvalue weighted by molar-refractivity contribution is 0.660. The molecule has 1 aliphatic carbocycles. The van der Waals surface area contributed by atoms with Crippen LogP contribution in [0, 0.1) is 0 Å². The summed E-state index contributed by atoms with van der Waals surface area (Å²) < 4.78 is 10.9. The molecule has 11 aromatic rings. The van der Waals surface area contributed by atoms with Crippen LogP contribution in [-0.4, -0.2) is 14.5 Å². The van der Waals surface area contributed by atoms with Crippen molar-refractivity contribution < 1.29 is 4.42 Å². The number of furan rings is 1. The summed E-state index contributed by atoms with van der Waals surface area (Å²) in [6.45, 7) is 4.68. The number of hydrogen-bond acceptors (Lipinski definition) is 4. The average Bonchev–Trinajstić information content (AvgIpc) is 3.90. The van der Waals surface area contributed by atoms with Crippen molar-refractivity contribution in [1.82, 2.24) is 14.5 Å². The molecular weight excluding hydrogens is 655 g/mol. The van der Waals surface area contributed by atoms with Crippen molar-refractivity contribution in [3.8, 4) is 28.3 Å². The lowest BCUT2D eigenvalue weighted by Crippen LogP contribution is -2.15. The standard InChI is InChI=1S/C47H29N3OS/c1-47(2)35-15-7-3-11-28(35)29-21-19-27(24-36(29)47)43-45-44(32-14-6-10-18-41(32)52-45)49-46(48-43)50-37-16-8-4-12-30(37)34-23-26-20-22-40-42(33(26)25-38(34)50)31-13-5-9-17-39(31)51-40/h3-25H,1-2H3. The predicted molar refractivity (Wildman–Crippen MR) is 217 cm³/mol. The molecule has 4 nitrogen and oxygen atoms in total. The first kappa shape index (κ1) is 28.4. The van der Waals surface area contributed by atoms with Gasteiger partial charge in [-0.3, -0.25) is 4.57 Å². The van der Waals surface area contributed by atoms with E-state index in [0.29, 0.717) is 5.95 Å². The topological polar surface area (TPSA) is 43.9 Å². The van der Waals surface area contributed by atoms with Crippen LogP contribution in [0.25, 0.3) is 103 Å². The van der Waals surface area contributed by atoms with Gasteiger partial charge in [0, 0.05) is 42.6 Å². The van der Waals surface area contributed by atoms with E-state index in [2.05, 4.69) is 146 Å². The van der Waals surface area contributed by atoms with Gasteiger partial charge >= 0.3 is 0 Å². The number of nitrogens with zero attached hydrogens (tertiary/aromatic N) is 3. The molecule has 12 rings (SSSR count). The van der Waals surface area contributed by atoms with Gasteiger partial charge in [0.1, 0.15) is 11.2 Å². The quantitative estimate of drug-likeness (QED) is 0.182. The minimum Gasteiger partial charge on any atom is -0.456 e. The zero-order valence-corrected chi connectivity index (χ0v) is 29.3. The molecule has 0 aliphatic heterocycles. The van der Waals surface area contributed by atoms with Gasteiger partial charge < -0.3 is 4.42 Å². The van der Waals surface area contributed by atoms with Crippen LogP contribution in [0.1, 0.15) is 25.0 Å². The van der Waals surface area contributed by atoms with Gasteiger partial charge in [0.15, 0.2) is 0 Å². The van der Waals surface area contributed by atoms with Crippen LogP contribution < -0.4 is 0 Å². The second kappa shape index (κ2) is 9.93. The van der Waals surface area contributed by atoms with Crippen LogP contribution in [0.3, 0.4) is 0 Å². The van der Waals surface area contributed by atoms with E-state index in [0.717, 1.165) is 65.2 Å². The molecule has 0 radical (unpaired) electrons. The molecule has 0 fully saturated rings. The Bertz CT molecular complexity index is 3340. The monoisotopic (exact) mass is 683 g/mol. The highest BCUT2D eigenvalue weighted by Crippen LogP contribution is 2.50. The SMILES string of the molecule is CC1(C)c2ccccc2-c2ccc(-c3nc(-n4c5ccccc5c5cc6ccc7oc8ccccc8c7c6cc54)nc4c3sc3ccccc34)cc21. The number of para-hydroxylation sites is 2. The van der Waals surface area contributed by atoms with Gasteiger partial charge in [-0.1, -0.05) is 111 Å². The molecule has 1 aliphatic rings. The van der Waals surface area contributed by atoms with Crippen LogP contribution in [0.5, 0.6) is 0 Å². The van der Waals surface area contributed by atoms with E-state index in [1.165, 1.54) is 43.1 Å². The molecule has 0 bridgehead atoms. The molecule has 0 saturated carbocycles. The van der Waals surface area contributed by atoms with Gasteiger partial charge in [0.05, 0.1) is 26.9 Å². The molecule has 0 amide bonds. The Hall–Kier alpha value is -6.30. The van der Waals surface area contributed by atoms with Crippen molar-refractivity contribution in [3.63, 3.8) is 0 Å². The molecular formula is C47H29N3OS. The average molecular weight is 684 g/mol. The van der Waals surface area contributed by atoms with Gasteiger partial charge in [-0.25, -0.2) is 9.97 Å². The van der Waals surface area contributed by atoms with E-state index in [4.69, 9.17) is 14.4 Å². The van der Waals surface area contributed by atoms with Gasteiger partial charge in [0.2, 0.25) is 5.95 Å². The van der Waals surface area contributed by atoms with Crippen molar-refractivity contribution >= 4 is 86.2 Å². The van der Waals surface area contributed by atoms with Crippen molar-refractivity contribution in [1.29, 1.82) is 0 Å². The fourth-order valence-corrected chi connectivity index (χ4v) is 10.1. The highest BCUT2D eigenvalue weighted by Gasteiger charge is 2.35. The maximum Gasteiger partial charge on any atom is 0.235 e. The summed E-state index contributed by atoms with van der Waals surface area (Å²) in [5, 5.41) is 8.09. The highest BCUT2D eigenvalue weighted by atomic mass is 32.1. The molecule has 0 spiro atoms. The second-order valence-electron chi connectivity index (χ2n) is 14.6. The molecule has 52 heavy (non-hydrogen) atoms. The molecule has 0 atom stereocenters. The van der Waals surface area contributed by atoms with Crippen molar-refractivity contribution in [2.45, 2.75) is 19.3 Å². The van der Waals surface area contributed by atoms with E-state index < -0.39 is 0 Å². The van der Waals surface area contributed by atoms with Crippen molar-refractivity contribution in [2.24, 2.45) is 0 Å². The lowest BCUT2D eigenvalue weighted by atomic mass is 9.82. The number of fused-ring (bicyclic) bond motifs is 14. The van der Waals surface area contributed by atoms with Crippen LogP contribution in [0.2, 0.25) is 0 Å². The van der Waals surface area contributed by atoms with E-state index in [-0.39, 0.29) is 5.41 Å². The van der Waals surface area contributed by atoms with Crippen LogP contribution in [0.4, 0.5) is 0 Å². The second-order valence-corrected chi connectivity index (χ2v) is 15.6. The summed E-state index contributed by atoms with van der Waals surface area (Å²) in [6, 6.07) is 50.2. The number of benzene rings is 7. The summed E-state index contributed by atoms with van der Waals surface area (Å²) in [4.78, 5) is 11.0. The fourth-order valence-electron chi connectivity index (χ4n) is 8.95. The third kappa shape index (κ3) is 3.65. The molecule has 4 aromatic heterocycles. The molecule has 244 valence electrons. The lowest BCUT2D eigenvalue weighted by Gasteiger charge is -2.22. The largest absolute Gasteiger partial charge is 0.456 e. The first-order valence-corrected chi connectivity index (χ1v) is 18.6. The van der Waals surface area contributed by atoms with E-state index >= 15 is 0 Å². The smallest absolute Gasteiger partial charge is 0.235 e. The summed E-state index contributed by atoms with van der Waals surface area (Å²) in [5.74, 6) is 0.670. The number of hydrogen-bond donors (Lipinski definition) is 0. The fraction of sp³-hybridized carbons (Fsp3) is 0.0638. The molecule has 0 saturated heterocycles. The molecule has 4 heterocycles. The van der Waals surface area contributed by atoms with Gasteiger partial charge in [-0.2, -0.15) is 0 Å². The minimum atomic E-state index is -0.118. The van der Waals surface area contributed by atoms with Crippen LogP contribution in [-0.2, 0) is 5.41 Å². The van der Waals surface area contributed by atoms with Crippen LogP contribution >= 0.6 is 11.3 Å². The van der Waals surface area contributed by atoms with Gasteiger partial charge in [-0.05, 0) is 75.5 Å². The first-order chi connectivity index (χ1) is 25.5. The summed E-state index contributed by atoms with van der Waals surface area (Å²) in [5.41, 5.74) is 12.2. The van der Waals surface area contributed by atoms with Crippen LogP contribution in [0.15, 0.2) is 144 Å². The van der Waals surface area contributed by atoms with E-state index in [1.807, 2.05) is 12.1 Å². The molecule has 0 unspecified atom stereocenters. The Morgan fingerprint density at radius 2 is 1.35 bits per heavy atom. The zero-order valence-electron chi connectivity index (χ0n) is 28.4. The Balaban J connectivity index is 1.19. The number of rotatable bonds is 2. The maximum atomic E-state index is 6.33. The molecule has 7 aromatic carbocycles. The summed E-state index contributed by atoms with van der Waals surface area (Å²) in [6.07, 6.45) is 0. The van der Waals surface area contributed by atoms with Gasteiger partial charge in [-0.15, -0.1) is 11.3 Å². The van der Waals surface area contributed by atoms with Gasteiger partial charge in [0.25, 0.3) is 0 Å². The number of thiophene rings is 1. The third-order valence-electron chi connectivity index (χ3n) is 11.4. The predicted octanol–water partition coefficient (Wildman–Crippen LogP) is 13.0. The van der Waals surface area contributed by atoms with Crippen molar-refractivity contribution in [3.05, 3.63) is 151 Å². The zero-order chi connectivity index (χ0) is 34.3. The Kier molecular flexibility index (Phi) is 5.43. The normalized spacial score (nSPS) is 13.7. The number of aromatic nitrogens is 3.